The van der Waals surface area contributed by atoms with Crippen LogP contribution < -0.4 is 0 Å². The van der Waals surface area contributed by atoms with Crippen molar-refractivity contribution in [1.82, 2.24) is 4.90 Å². The highest BCUT2D eigenvalue weighted by Gasteiger charge is 2.24. The predicted octanol–water partition coefficient (Wildman–Crippen LogP) is 5.27. The second-order valence-corrected chi connectivity index (χ2v) is 5.46. The van der Waals surface area contributed by atoms with E-state index in [4.69, 9.17) is 0 Å². The number of nitrogens with zero attached hydrogens (tertiary/aromatic N) is 1. The van der Waals surface area contributed by atoms with Crippen LogP contribution in [0.5, 0.6) is 0 Å². The van der Waals surface area contributed by atoms with Gasteiger partial charge in [0.2, 0.25) is 0 Å². The molecule has 1 nitrogen and oxygen atoms in total. The van der Waals surface area contributed by atoms with E-state index in [1.807, 2.05) is 13.8 Å². The second kappa shape index (κ2) is 8.63. The average molecular weight is 281 g/mol. The number of benzene rings is 2. The Bertz CT molecular complexity index is 446. The molecule has 1 saturated carbocycles. The number of rotatable bonds is 5. The van der Waals surface area contributed by atoms with Crippen molar-refractivity contribution < 1.29 is 0 Å². The van der Waals surface area contributed by atoms with Crippen LogP contribution in [0.2, 0.25) is 0 Å². The first-order valence-corrected chi connectivity index (χ1v) is 8.24. The monoisotopic (exact) mass is 281 g/mol. The number of hydrogen-bond donors (Lipinski definition) is 0. The van der Waals surface area contributed by atoms with Crippen LogP contribution in [0.1, 0.15) is 44.2 Å². The summed E-state index contributed by atoms with van der Waals surface area (Å²) < 4.78 is 0. The van der Waals surface area contributed by atoms with E-state index in [1.54, 1.807) is 0 Å². The van der Waals surface area contributed by atoms with E-state index in [2.05, 4.69) is 65.6 Å². The molecule has 0 spiro atoms. The topological polar surface area (TPSA) is 3.24 Å². The highest BCUT2D eigenvalue weighted by atomic mass is 15.2. The average Bonchev–Trinajstić information content (AvgIpc) is 2.49. The van der Waals surface area contributed by atoms with Crippen LogP contribution in [0.3, 0.4) is 0 Å². The summed E-state index contributed by atoms with van der Waals surface area (Å²) in [5, 5.41) is 0. The van der Waals surface area contributed by atoms with Crippen LogP contribution in [0.4, 0.5) is 0 Å². The summed E-state index contributed by atoms with van der Waals surface area (Å²) in [4.78, 5) is 2.63. The molecular formula is C20H27N. The molecule has 0 amide bonds. The van der Waals surface area contributed by atoms with Gasteiger partial charge in [0.05, 0.1) is 0 Å². The molecule has 0 heterocycles. The molecule has 0 radical (unpaired) electrons. The Morgan fingerprint density at radius 3 is 1.52 bits per heavy atom. The molecule has 0 unspecified atom stereocenters. The summed E-state index contributed by atoms with van der Waals surface area (Å²) in [5.41, 5.74) is 2.84. The molecule has 2 aromatic carbocycles. The Morgan fingerprint density at radius 2 is 1.19 bits per heavy atom. The summed E-state index contributed by atoms with van der Waals surface area (Å²) in [7, 11) is 0. The predicted molar refractivity (Wildman–Crippen MR) is 91.1 cm³/mol. The molecular weight excluding hydrogens is 254 g/mol. The fraction of sp³-hybridized carbons (Fsp3) is 0.400. The van der Waals surface area contributed by atoms with Gasteiger partial charge in [0, 0.05) is 19.1 Å². The molecule has 0 aromatic heterocycles. The van der Waals surface area contributed by atoms with E-state index < -0.39 is 0 Å². The van der Waals surface area contributed by atoms with Crippen LogP contribution in [0.15, 0.2) is 60.7 Å². The summed E-state index contributed by atoms with van der Waals surface area (Å²) in [6.07, 6.45) is 4.12. The smallest absolute Gasteiger partial charge is 0.0240 e. The van der Waals surface area contributed by atoms with Crippen molar-refractivity contribution in [1.29, 1.82) is 0 Å². The normalized spacial score (nSPS) is 14.2. The number of hydrogen-bond acceptors (Lipinski definition) is 1. The Hall–Kier alpha value is -1.60. The lowest BCUT2D eigenvalue weighted by Gasteiger charge is -2.37. The van der Waals surface area contributed by atoms with Crippen molar-refractivity contribution in [2.45, 2.75) is 52.2 Å². The quantitative estimate of drug-likeness (QED) is 0.722. The molecule has 0 aliphatic heterocycles. The molecule has 1 aliphatic carbocycles. The van der Waals surface area contributed by atoms with Crippen molar-refractivity contribution in [3.63, 3.8) is 0 Å². The molecule has 1 fully saturated rings. The first kappa shape index (κ1) is 15.8. The van der Waals surface area contributed by atoms with Crippen molar-refractivity contribution >= 4 is 0 Å². The van der Waals surface area contributed by atoms with Crippen LogP contribution in [0, 0.1) is 0 Å². The Balaban J connectivity index is 0.000000774. The Kier molecular flexibility index (Phi) is 6.49. The van der Waals surface area contributed by atoms with E-state index in [0.717, 1.165) is 19.1 Å². The van der Waals surface area contributed by atoms with Gasteiger partial charge in [0.25, 0.3) is 0 Å². The fourth-order valence-electron chi connectivity index (χ4n) is 2.70. The lowest BCUT2D eigenvalue weighted by molar-refractivity contribution is 0.111. The molecule has 0 N–H and O–H groups in total. The zero-order valence-corrected chi connectivity index (χ0v) is 13.3. The Morgan fingerprint density at radius 1 is 0.762 bits per heavy atom. The summed E-state index contributed by atoms with van der Waals surface area (Å²) >= 11 is 0. The molecule has 1 aliphatic rings. The lowest BCUT2D eigenvalue weighted by atomic mass is 9.90. The molecule has 112 valence electrons. The van der Waals surface area contributed by atoms with Crippen LogP contribution >= 0.6 is 0 Å². The molecule has 3 rings (SSSR count). The van der Waals surface area contributed by atoms with Gasteiger partial charge < -0.3 is 0 Å². The first-order valence-electron chi connectivity index (χ1n) is 8.24. The van der Waals surface area contributed by atoms with Gasteiger partial charge in [0.15, 0.2) is 0 Å². The van der Waals surface area contributed by atoms with Crippen molar-refractivity contribution in [2.75, 3.05) is 0 Å². The van der Waals surface area contributed by atoms with Crippen LogP contribution in [0.25, 0.3) is 0 Å². The van der Waals surface area contributed by atoms with Gasteiger partial charge in [-0.1, -0.05) is 80.9 Å². The highest BCUT2D eigenvalue weighted by Crippen LogP contribution is 2.27. The van der Waals surface area contributed by atoms with E-state index in [9.17, 15) is 0 Å². The van der Waals surface area contributed by atoms with E-state index in [0.29, 0.717) is 0 Å². The zero-order valence-electron chi connectivity index (χ0n) is 13.3. The van der Waals surface area contributed by atoms with Crippen molar-refractivity contribution in [3.05, 3.63) is 71.8 Å². The van der Waals surface area contributed by atoms with Crippen molar-refractivity contribution in [2.24, 2.45) is 0 Å². The van der Waals surface area contributed by atoms with Crippen LogP contribution in [-0.4, -0.2) is 10.9 Å². The molecule has 2 aromatic rings. The van der Waals surface area contributed by atoms with Gasteiger partial charge in [-0.3, -0.25) is 4.90 Å². The van der Waals surface area contributed by atoms with Gasteiger partial charge in [-0.2, -0.15) is 0 Å². The van der Waals surface area contributed by atoms with Gasteiger partial charge >= 0.3 is 0 Å². The third-order valence-electron chi connectivity index (χ3n) is 4.05. The molecule has 0 bridgehead atoms. The fourth-order valence-corrected chi connectivity index (χ4v) is 2.70. The molecule has 0 saturated heterocycles. The summed E-state index contributed by atoms with van der Waals surface area (Å²) in [6.45, 7) is 6.14. The SMILES string of the molecule is CC.c1ccc(CN(Cc2ccccc2)C2CCC2)cc1. The van der Waals surface area contributed by atoms with Gasteiger partial charge in [-0.15, -0.1) is 0 Å². The molecule has 21 heavy (non-hydrogen) atoms. The van der Waals surface area contributed by atoms with Crippen molar-refractivity contribution in [3.8, 4) is 0 Å². The van der Waals surface area contributed by atoms with Gasteiger partial charge in [0.1, 0.15) is 0 Å². The van der Waals surface area contributed by atoms with E-state index >= 15 is 0 Å². The molecule has 0 atom stereocenters. The third-order valence-corrected chi connectivity index (χ3v) is 4.05. The van der Waals surface area contributed by atoms with Gasteiger partial charge in [-0.25, -0.2) is 0 Å². The zero-order chi connectivity index (χ0) is 14.9. The maximum absolute atomic E-state index is 2.63. The maximum atomic E-state index is 2.63. The summed E-state index contributed by atoms with van der Waals surface area (Å²) in [5.74, 6) is 0. The first-order chi connectivity index (χ1) is 10.4. The minimum Gasteiger partial charge on any atom is -0.292 e. The second-order valence-electron chi connectivity index (χ2n) is 5.46. The van der Waals surface area contributed by atoms with Gasteiger partial charge in [-0.05, 0) is 24.0 Å². The third kappa shape index (κ3) is 4.71. The molecule has 1 heteroatoms. The minimum absolute atomic E-state index is 0.778. The Labute approximate surface area is 129 Å². The summed E-state index contributed by atoms with van der Waals surface area (Å²) in [6, 6.07) is 22.4. The highest BCUT2D eigenvalue weighted by molar-refractivity contribution is 5.17. The van der Waals surface area contributed by atoms with E-state index in [1.165, 1.54) is 30.4 Å². The minimum atomic E-state index is 0.778. The maximum Gasteiger partial charge on any atom is 0.0240 e. The standard InChI is InChI=1S/C18H21N.C2H6/c1-3-8-16(9-4-1)14-19(18-12-7-13-18)15-17-10-5-2-6-11-17;1-2/h1-6,8-11,18H,7,12-15H2;1-2H3. The van der Waals surface area contributed by atoms with Crippen LogP contribution in [-0.2, 0) is 13.1 Å². The van der Waals surface area contributed by atoms with E-state index in [-0.39, 0.29) is 0 Å². The largest absolute Gasteiger partial charge is 0.292 e. The lowest BCUT2D eigenvalue weighted by Crippen LogP contribution is -2.39.